The number of aliphatic hydroxyl groups excluding tert-OH is 1. The molecule has 1 aliphatic rings. The van der Waals surface area contributed by atoms with E-state index in [1.54, 1.807) is 12.1 Å². The molecule has 1 aliphatic carbocycles. The van der Waals surface area contributed by atoms with Gasteiger partial charge in [0.1, 0.15) is 5.82 Å². The summed E-state index contributed by atoms with van der Waals surface area (Å²) in [4.78, 5) is 0. The molecule has 1 saturated carbocycles. The highest BCUT2D eigenvalue weighted by molar-refractivity contribution is 9.10. The topological polar surface area (TPSA) is 46.2 Å². The van der Waals surface area contributed by atoms with Crippen molar-refractivity contribution in [3.05, 3.63) is 34.1 Å². The molecule has 0 aromatic heterocycles. The lowest BCUT2D eigenvalue weighted by Crippen LogP contribution is -2.36. The van der Waals surface area contributed by atoms with E-state index in [2.05, 4.69) is 15.9 Å². The molecule has 96 valence electrons. The van der Waals surface area contributed by atoms with Crippen LogP contribution >= 0.6 is 28.3 Å². The second-order valence-electron chi connectivity index (χ2n) is 4.35. The lowest BCUT2D eigenvalue weighted by Gasteiger charge is -2.34. The number of benzene rings is 1. The second kappa shape index (κ2) is 6.14. The molecule has 5 heteroatoms. The van der Waals surface area contributed by atoms with Gasteiger partial charge in [0.25, 0.3) is 0 Å². The fraction of sp³-hybridized carbons (Fsp3) is 0.500. The predicted molar refractivity (Wildman–Crippen MR) is 71.6 cm³/mol. The van der Waals surface area contributed by atoms with Gasteiger partial charge in [0.15, 0.2) is 0 Å². The summed E-state index contributed by atoms with van der Waals surface area (Å²) >= 11 is 3.17. The van der Waals surface area contributed by atoms with Crippen LogP contribution < -0.4 is 5.73 Å². The first kappa shape index (κ1) is 14.9. The van der Waals surface area contributed by atoms with Gasteiger partial charge in [0.05, 0.1) is 16.6 Å². The number of nitrogens with two attached hydrogens (primary N) is 1. The molecule has 2 rings (SSSR count). The third-order valence-electron chi connectivity index (χ3n) is 3.34. The van der Waals surface area contributed by atoms with E-state index < -0.39 is 12.1 Å². The van der Waals surface area contributed by atoms with Crippen LogP contribution in [0.4, 0.5) is 4.39 Å². The van der Waals surface area contributed by atoms with Gasteiger partial charge in [0.2, 0.25) is 0 Å². The highest BCUT2D eigenvalue weighted by atomic mass is 79.9. The van der Waals surface area contributed by atoms with Crippen molar-refractivity contribution in [1.29, 1.82) is 0 Å². The van der Waals surface area contributed by atoms with E-state index in [9.17, 15) is 9.50 Å². The maximum absolute atomic E-state index is 13.3. The SMILES string of the molecule is Cl.N[C@H](c1cccc(F)c1Br)[C@@H](O)C1CCC1. The van der Waals surface area contributed by atoms with Crippen LogP contribution in [0, 0.1) is 11.7 Å². The maximum atomic E-state index is 13.3. The molecule has 2 nitrogen and oxygen atoms in total. The minimum atomic E-state index is -0.577. The summed E-state index contributed by atoms with van der Waals surface area (Å²) < 4.78 is 13.7. The van der Waals surface area contributed by atoms with Gasteiger partial charge in [-0.05, 0) is 46.3 Å². The minimum absolute atomic E-state index is 0. The maximum Gasteiger partial charge on any atom is 0.137 e. The predicted octanol–water partition coefficient (Wildman–Crippen LogP) is 3.17. The van der Waals surface area contributed by atoms with Gasteiger partial charge in [-0.3, -0.25) is 0 Å². The third-order valence-corrected chi connectivity index (χ3v) is 4.18. The van der Waals surface area contributed by atoms with Crippen molar-refractivity contribution in [3.63, 3.8) is 0 Å². The molecule has 0 spiro atoms. The molecule has 2 atom stereocenters. The van der Waals surface area contributed by atoms with E-state index in [-0.39, 0.29) is 24.1 Å². The third kappa shape index (κ3) is 2.99. The Balaban J connectivity index is 0.00000144. The molecule has 0 unspecified atom stereocenters. The number of rotatable bonds is 3. The van der Waals surface area contributed by atoms with Crippen LogP contribution in [-0.4, -0.2) is 11.2 Å². The molecule has 17 heavy (non-hydrogen) atoms. The van der Waals surface area contributed by atoms with Gasteiger partial charge in [-0.2, -0.15) is 0 Å². The van der Waals surface area contributed by atoms with Crippen molar-refractivity contribution in [2.75, 3.05) is 0 Å². The molecule has 1 aromatic rings. The van der Waals surface area contributed by atoms with Gasteiger partial charge in [-0.25, -0.2) is 4.39 Å². The fourth-order valence-corrected chi connectivity index (χ4v) is 2.57. The first-order chi connectivity index (χ1) is 7.61. The minimum Gasteiger partial charge on any atom is -0.391 e. The van der Waals surface area contributed by atoms with Gasteiger partial charge in [-0.1, -0.05) is 18.6 Å². The number of hydrogen-bond donors (Lipinski definition) is 2. The van der Waals surface area contributed by atoms with Crippen LogP contribution in [0.2, 0.25) is 0 Å². The first-order valence-electron chi connectivity index (χ1n) is 5.49. The standard InChI is InChI=1S/C12H15BrFNO.ClH/c13-10-8(5-2-6-9(10)14)11(15)12(16)7-3-1-4-7;/h2,5-7,11-12,16H,1,3-4,15H2;1H/t11-,12+;/m1./s1. The molecule has 3 N–H and O–H groups in total. The van der Waals surface area contributed by atoms with Crippen LogP contribution in [0.15, 0.2) is 22.7 Å². The lowest BCUT2D eigenvalue weighted by molar-refractivity contribution is 0.0411. The Morgan fingerprint density at radius 3 is 2.59 bits per heavy atom. The Kier molecular flexibility index (Phi) is 5.38. The zero-order valence-corrected chi connectivity index (χ0v) is 11.7. The van der Waals surface area contributed by atoms with Gasteiger partial charge >= 0.3 is 0 Å². The Bertz CT molecular complexity index is 387. The number of hydrogen-bond acceptors (Lipinski definition) is 2. The van der Waals surface area contributed by atoms with Crippen molar-refractivity contribution in [3.8, 4) is 0 Å². The summed E-state index contributed by atoms with van der Waals surface area (Å²) in [6.45, 7) is 0. The molecule has 1 fully saturated rings. The average molecular weight is 325 g/mol. The van der Waals surface area contributed by atoms with Crippen LogP contribution in [0.25, 0.3) is 0 Å². The largest absolute Gasteiger partial charge is 0.391 e. The van der Waals surface area contributed by atoms with Gasteiger partial charge in [0, 0.05) is 0 Å². The highest BCUT2D eigenvalue weighted by Crippen LogP contribution is 2.36. The fourth-order valence-electron chi connectivity index (χ4n) is 2.04. The normalized spacial score (nSPS) is 19.1. The summed E-state index contributed by atoms with van der Waals surface area (Å²) in [5.41, 5.74) is 6.61. The highest BCUT2D eigenvalue weighted by Gasteiger charge is 2.31. The summed E-state index contributed by atoms with van der Waals surface area (Å²) in [7, 11) is 0. The van der Waals surface area contributed by atoms with Gasteiger partial charge < -0.3 is 10.8 Å². The van der Waals surface area contributed by atoms with Gasteiger partial charge in [-0.15, -0.1) is 12.4 Å². The monoisotopic (exact) mass is 323 g/mol. The lowest BCUT2D eigenvalue weighted by atomic mass is 9.77. The molecule has 1 aromatic carbocycles. The molecule has 0 radical (unpaired) electrons. The summed E-state index contributed by atoms with van der Waals surface area (Å²) in [5, 5.41) is 10.0. The van der Waals surface area contributed by atoms with Crippen LogP contribution in [0.1, 0.15) is 30.9 Å². The molecule has 0 bridgehead atoms. The Morgan fingerprint density at radius 2 is 2.06 bits per heavy atom. The molecular formula is C12H16BrClFNO. The van der Waals surface area contributed by atoms with Crippen LogP contribution in [-0.2, 0) is 0 Å². The Labute approximate surface area is 115 Å². The smallest absolute Gasteiger partial charge is 0.137 e. The molecule has 0 heterocycles. The van der Waals surface area contributed by atoms with E-state index in [0.29, 0.717) is 10.0 Å². The second-order valence-corrected chi connectivity index (χ2v) is 5.14. The van der Waals surface area contributed by atoms with Crippen molar-refractivity contribution in [2.24, 2.45) is 11.7 Å². The molecule has 0 saturated heterocycles. The molecule has 0 amide bonds. The zero-order chi connectivity index (χ0) is 11.7. The van der Waals surface area contributed by atoms with Crippen molar-refractivity contribution in [2.45, 2.75) is 31.4 Å². The number of aliphatic hydroxyl groups is 1. The van der Waals surface area contributed by atoms with E-state index >= 15 is 0 Å². The van der Waals surface area contributed by atoms with Crippen molar-refractivity contribution >= 4 is 28.3 Å². The zero-order valence-electron chi connectivity index (χ0n) is 9.27. The van der Waals surface area contributed by atoms with E-state index in [1.807, 2.05) is 0 Å². The molecular weight excluding hydrogens is 308 g/mol. The summed E-state index contributed by atoms with van der Waals surface area (Å²) in [6.07, 6.45) is 2.61. The summed E-state index contributed by atoms with van der Waals surface area (Å²) in [5.74, 6) is -0.0704. The summed E-state index contributed by atoms with van der Waals surface area (Å²) in [6, 6.07) is 4.22. The van der Waals surface area contributed by atoms with Crippen LogP contribution in [0.5, 0.6) is 0 Å². The van der Waals surface area contributed by atoms with E-state index in [1.165, 1.54) is 6.07 Å². The Morgan fingerprint density at radius 1 is 1.41 bits per heavy atom. The van der Waals surface area contributed by atoms with Crippen molar-refractivity contribution in [1.82, 2.24) is 0 Å². The van der Waals surface area contributed by atoms with E-state index in [0.717, 1.165) is 19.3 Å². The van der Waals surface area contributed by atoms with E-state index in [4.69, 9.17) is 5.73 Å². The number of halogens is 3. The van der Waals surface area contributed by atoms with Crippen molar-refractivity contribution < 1.29 is 9.50 Å². The molecule has 0 aliphatic heterocycles. The average Bonchev–Trinajstić information content (AvgIpc) is 2.18. The Hall–Kier alpha value is -0.160. The quantitative estimate of drug-likeness (QED) is 0.897. The first-order valence-corrected chi connectivity index (χ1v) is 6.28. The van der Waals surface area contributed by atoms with Crippen LogP contribution in [0.3, 0.4) is 0 Å².